The predicted octanol–water partition coefficient (Wildman–Crippen LogP) is 3.55. The Morgan fingerprint density at radius 2 is 2.07 bits per heavy atom. The summed E-state index contributed by atoms with van der Waals surface area (Å²) in [5, 5.41) is 0.634. The summed E-state index contributed by atoms with van der Waals surface area (Å²) in [5.74, 6) is 2.48. The van der Waals surface area contributed by atoms with Gasteiger partial charge < -0.3 is 0 Å². The number of aromatic nitrogens is 2. The molecule has 1 fully saturated rings. The molecule has 1 aromatic heterocycles. The highest BCUT2D eigenvalue weighted by molar-refractivity contribution is 8.01. The van der Waals surface area contributed by atoms with Gasteiger partial charge in [-0.3, -0.25) is 0 Å². The molecule has 14 heavy (non-hydrogen) atoms. The van der Waals surface area contributed by atoms with Crippen LogP contribution in [-0.2, 0) is 0 Å². The third-order valence-electron chi connectivity index (χ3n) is 2.59. The van der Waals surface area contributed by atoms with Crippen molar-refractivity contribution in [3.63, 3.8) is 0 Å². The first-order valence-electron chi connectivity index (χ1n) is 5.17. The minimum absolute atomic E-state index is 0.634. The van der Waals surface area contributed by atoms with Gasteiger partial charge in [-0.05, 0) is 30.3 Å². The van der Waals surface area contributed by atoms with Crippen molar-refractivity contribution >= 4 is 23.3 Å². The monoisotopic (exact) mass is 228 g/mol. The molecule has 0 N–H and O–H groups in total. The highest BCUT2D eigenvalue weighted by Gasteiger charge is 2.28. The largest absolute Gasteiger partial charge is 0.213 e. The number of thioether (sulfide) groups is 1. The summed E-state index contributed by atoms with van der Waals surface area (Å²) in [6.45, 7) is 6.76. The maximum atomic E-state index is 4.56. The second-order valence-electron chi connectivity index (χ2n) is 4.26. The van der Waals surface area contributed by atoms with Crippen molar-refractivity contribution in [2.24, 2.45) is 5.92 Å². The molecule has 2 rings (SSSR count). The average Bonchev–Trinajstić information content (AvgIpc) is 2.88. The van der Waals surface area contributed by atoms with Crippen molar-refractivity contribution < 1.29 is 0 Å². The molecule has 0 spiro atoms. The van der Waals surface area contributed by atoms with Crippen LogP contribution in [-0.4, -0.2) is 14.6 Å². The van der Waals surface area contributed by atoms with Gasteiger partial charge >= 0.3 is 0 Å². The van der Waals surface area contributed by atoms with Gasteiger partial charge in [0.25, 0.3) is 0 Å². The molecular formula is C10H16N2S2. The van der Waals surface area contributed by atoms with Gasteiger partial charge in [0.2, 0.25) is 0 Å². The summed E-state index contributed by atoms with van der Waals surface area (Å²) >= 11 is 3.43. The minimum atomic E-state index is 0.634. The zero-order valence-electron chi connectivity index (χ0n) is 8.86. The molecule has 0 aliphatic heterocycles. The Hall–Kier alpha value is -0.0900. The van der Waals surface area contributed by atoms with Gasteiger partial charge in [0.15, 0.2) is 4.34 Å². The van der Waals surface area contributed by atoms with Gasteiger partial charge in [0.05, 0.1) is 0 Å². The van der Waals surface area contributed by atoms with E-state index in [9.17, 15) is 0 Å². The number of hydrogen-bond acceptors (Lipinski definition) is 4. The Morgan fingerprint density at radius 3 is 2.64 bits per heavy atom. The molecule has 1 saturated carbocycles. The van der Waals surface area contributed by atoms with E-state index in [1.165, 1.54) is 12.8 Å². The predicted molar refractivity (Wildman–Crippen MR) is 62.0 cm³/mol. The normalized spacial score (nSPS) is 18.9. The second-order valence-corrected chi connectivity index (χ2v) is 6.64. The van der Waals surface area contributed by atoms with Crippen molar-refractivity contribution in [3.05, 3.63) is 5.82 Å². The van der Waals surface area contributed by atoms with Crippen LogP contribution in [0, 0.1) is 5.92 Å². The Kier molecular flexibility index (Phi) is 3.12. The first-order valence-corrected chi connectivity index (χ1v) is 6.82. The van der Waals surface area contributed by atoms with E-state index in [-0.39, 0.29) is 0 Å². The summed E-state index contributed by atoms with van der Waals surface area (Å²) in [5.41, 5.74) is 0. The summed E-state index contributed by atoms with van der Waals surface area (Å²) in [6.07, 6.45) is 2.58. The van der Waals surface area contributed by atoms with Crippen LogP contribution in [0.3, 0.4) is 0 Å². The van der Waals surface area contributed by atoms with Gasteiger partial charge in [-0.15, -0.1) is 0 Å². The van der Waals surface area contributed by atoms with E-state index in [2.05, 4.69) is 30.1 Å². The van der Waals surface area contributed by atoms with Crippen LogP contribution >= 0.6 is 23.3 Å². The molecule has 0 bridgehead atoms. The molecule has 1 heterocycles. The fourth-order valence-corrected chi connectivity index (χ4v) is 3.04. The first-order chi connectivity index (χ1) is 6.66. The molecule has 1 aromatic rings. The Balaban J connectivity index is 1.95. The molecule has 0 amide bonds. The molecular weight excluding hydrogens is 212 g/mol. The third-order valence-corrected chi connectivity index (χ3v) is 4.84. The molecule has 0 radical (unpaired) electrons. The number of nitrogens with zero attached hydrogens (tertiary/aromatic N) is 2. The van der Waals surface area contributed by atoms with Gasteiger partial charge in [-0.1, -0.05) is 32.5 Å². The lowest BCUT2D eigenvalue weighted by molar-refractivity contribution is 0.642. The highest BCUT2D eigenvalue weighted by Crippen LogP contribution is 2.40. The van der Waals surface area contributed by atoms with Crippen molar-refractivity contribution in [2.75, 3.05) is 0 Å². The smallest absolute Gasteiger partial charge is 0.170 e. The molecule has 1 unspecified atom stereocenters. The van der Waals surface area contributed by atoms with Crippen LogP contribution in [0.25, 0.3) is 0 Å². The van der Waals surface area contributed by atoms with E-state index in [0.29, 0.717) is 17.1 Å². The van der Waals surface area contributed by atoms with Crippen molar-refractivity contribution in [1.29, 1.82) is 0 Å². The Bertz CT molecular complexity index is 305. The molecule has 0 aromatic carbocycles. The van der Waals surface area contributed by atoms with Gasteiger partial charge in [-0.2, -0.15) is 4.37 Å². The first kappa shape index (κ1) is 10.4. The second kappa shape index (κ2) is 4.19. The molecule has 2 nitrogen and oxygen atoms in total. The summed E-state index contributed by atoms with van der Waals surface area (Å²) < 4.78 is 5.55. The fraction of sp³-hybridized carbons (Fsp3) is 0.800. The van der Waals surface area contributed by atoms with E-state index in [1.54, 1.807) is 11.5 Å². The quantitative estimate of drug-likeness (QED) is 0.737. The Morgan fingerprint density at radius 1 is 1.36 bits per heavy atom. The topological polar surface area (TPSA) is 25.8 Å². The van der Waals surface area contributed by atoms with E-state index in [0.717, 1.165) is 10.2 Å². The summed E-state index contributed by atoms with van der Waals surface area (Å²) in [7, 11) is 0. The third kappa shape index (κ3) is 2.48. The van der Waals surface area contributed by atoms with Crippen molar-refractivity contribution in [3.8, 4) is 0 Å². The van der Waals surface area contributed by atoms with Crippen LogP contribution < -0.4 is 0 Å². The molecule has 4 heteroatoms. The van der Waals surface area contributed by atoms with E-state index in [4.69, 9.17) is 0 Å². The lowest BCUT2D eigenvalue weighted by Gasteiger charge is -2.11. The fourth-order valence-electron chi connectivity index (χ4n) is 1.07. The highest BCUT2D eigenvalue weighted by atomic mass is 32.2. The minimum Gasteiger partial charge on any atom is -0.213 e. The van der Waals surface area contributed by atoms with Crippen molar-refractivity contribution in [1.82, 2.24) is 9.36 Å². The van der Waals surface area contributed by atoms with Crippen molar-refractivity contribution in [2.45, 2.75) is 49.1 Å². The maximum Gasteiger partial charge on any atom is 0.170 e. The summed E-state index contributed by atoms with van der Waals surface area (Å²) in [4.78, 5) is 4.56. The summed E-state index contributed by atoms with van der Waals surface area (Å²) in [6, 6.07) is 0. The maximum absolute atomic E-state index is 4.56. The molecule has 0 saturated heterocycles. The number of hydrogen-bond donors (Lipinski definition) is 0. The van der Waals surface area contributed by atoms with Crippen LogP contribution in [0.1, 0.15) is 45.4 Å². The lowest BCUT2D eigenvalue weighted by atomic mass is 10.2. The molecule has 1 aliphatic carbocycles. The molecule has 1 atom stereocenters. The SMILES string of the molecule is CC(C)C(C)Sc1nc(C2CC2)ns1. The van der Waals surface area contributed by atoms with Crippen LogP contribution in [0.5, 0.6) is 0 Å². The van der Waals surface area contributed by atoms with Gasteiger partial charge in [-0.25, -0.2) is 4.98 Å². The number of rotatable bonds is 4. The van der Waals surface area contributed by atoms with Crippen LogP contribution in [0.4, 0.5) is 0 Å². The van der Waals surface area contributed by atoms with Crippen LogP contribution in [0.2, 0.25) is 0 Å². The Labute approximate surface area is 93.7 Å². The zero-order chi connectivity index (χ0) is 10.1. The van der Waals surface area contributed by atoms with Gasteiger partial charge in [0, 0.05) is 11.2 Å². The van der Waals surface area contributed by atoms with E-state index in [1.807, 2.05) is 11.8 Å². The van der Waals surface area contributed by atoms with Crippen LogP contribution in [0.15, 0.2) is 4.34 Å². The lowest BCUT2D eigenvalue weighted by Crippen LogP contribution is -2.04. The van der Waals surface area contributed by atoms with E-state index < -0.39 is 0 Å². The molecule has 1 aliphatic rings. The molecule has 78 valence electrons. The standard InChI is InChI=1S/C10H16N2S2/c1-6(2)7(3)13-10-11-9(12-14-10)8-4-5-8/h6-8H,4-5H2,1-3H3. The zero-order valence-corrected chi connectivity index (χ0v) is 10.5. The average molecular weight is 228 g/mol. The van der Waals surface area contributed by atoms with E-state index >= 15 is 0 Å². The van der Waals surface area contributed by atoms with Gasteiger partial charge in [0.1, 0.15) is 5.82 Å².